The Hall–Kier alpha value is -2.87. The number of tetrazole rings is 1. The van der Waals surface area contributed by atoms with Crippen LogP contribution in [0.15, 0.2) is 53.7 Å². The van der Waals surface area contributed by atoms with Gasteiger partial charge in [-0.3, -0.25) is 4.79 Å². The topological polar surface area (TPSA) is 81.9 Å². The molecule has 7 nitrogen and oxygen atoms in total. The summed E-state index contributed by atoms with van der Waals surface area (Å²) in [6.45, 7) is 4.24. The number of hydrogen-bond acceptors (Lipinski definition) is 6. The summed E-state index contributed by atoms with van der Waals surface area (Å²) in [5, 5.41) is 15.2. The largest absolute Gasteiger partial charge is 0.494 e. The highest BCUT2D eigenvalue weighted by molar-refractivity contribution is 7.99. The van der Waals surface area contributed by atoms with E-state index >= 15 is 0 Å². The quantitative estimate of drug-likeness (QED) is 0.629. The molecule has 0 spiro atoms. The normalized spacial score (nSPS) is 10.8. The van der Waals surface area contributed by atoms with Crippen LogP contribution in [0.1, 0.15) is 25.3 Å². The van der Waals surface area contributed by atoms with Gasteiger partial charge in [0.05, 0.1) is 12.9 Å². The number of anilines is 1. The van der Waals surface area contributed by atoms with E-state index in [0.717, 1.165) is 11.4 Å². The van der Waals surface area contributed by atoms with E-state index in [9.17, 15) is 4.79 Å². The number of thioether (sulfide) groups is 1. The third-order valence-corrected chi connectivity index (χ3v) is 4.84. The number of carbonyl (C=O) groups excluding carboxylic acids is 1. The monoisotopic (exact) mass is 383 g/mol. The fraction of sp³-hybridized carbons (Fsp3) is 0.263. The van der Waals surface area contributed by atoms with Crippen molar-refractivity contribution in [3.8, 4) is 11.4 Å². The van der Waals surface area contributed by atoms with Crippen molar-refractivity contribution in [1.29, 1.82) is 0 Å². The van der Waals surface area contributed by atoms with Gasteiger partial charge in [0, 0.05) is 5.69 Å². The van der Waals surface area contributed by atoms with E-state index in [1.807, 2.05) is 42.5 Å². The molecule has 0 unspecified atom stereocenters. The first-order valence-corrected chi connectivity index (χ1v) is 9.51. The van der Waals surface area contributed by atoms with Gasteiger partial charge in [0.2, 0.25) is 11.1 Å². The van der Waals surface area contributed by atoms with Crippen LogP contribution in [0.2, 0.25) is 0 Å². The first kappa shape index (κ1) is 18.9. The van der Waals surface area contributed by atoms with Crippen molar-refractivity contribution >= 4 is 23.4 Å². The summed E-state index contributed by atoms with van der Waals surface area (Å²) in [7, 11) is 1.59. The van der Waals surface area contributed by atoms with Gasteiger partial charge in [-0.2, -0.15) is 4.68 Å². The van der Waals surface area contributed by atoms with E-state index in [-0.39, 0.29) is 11.7 Å². The Bertz CT molecular complexity index is 926. The Labute approximate surface area is 162 Å². The van der Waals surface area contributed by atoms with E-state index in [1.165, 1.54) is 17.3 Å². The second-order valence-electron chi connectivity index (χ2n) is 6.16. The van der Waals surface area contributed by atoms with E-state index < -0.39 is 0 Å². The molecule has 27 heavy (non-hydrogen) atoms. The van der Waals surface area contributed by atoms with Crippen LogP contribution >= 0.6 is 11.8 Å². The van der Waals surface area contributed by atoms with Crippen molar-refractivity contribution in [2.24, 2.45) is 0 Å². The summed E-state index contributed by atoms with van der Waals surface area (Å²) >= 11 is 1.26. The molecule has 0 radical (unpaired) electrons. The van der Waals surface area contributed by atoms with Gasteiger partial charge in [-0.25, -0.2) is 0 Å². The Morgan fingerprint density at radius 2 is 2.04 bits per heavy atom. The molecule has 1 amide bonds. The standard InChI is InChI=1S/C19H21N5O2S/c1-13(2)14-7-6-8-15(11-14)20-18(25)12-27-19-21-22-23-24(19)16-9-4-5-10-17(16)26-3/h4-11,13H,12H2,1-3H3,(H,20,25). The van der Waals surface area contributed by atoms with Crippen LogP contribution in [-0.4, -0.2) is 39.0 Å². The molecule has 1 aromatic heterocycles. The third-order valence-electron chi connectivity index (χ3n) is 3.92. The molecule has 3 aromatic rings. The van der Waals surface area contributed by atoms with Crippen molar-refractivity contribution in [2.45, 2.75) is 24.9 Å². The fourth-order valence-corrected chi connectivity index (χ4v) is 3.21. The Balaban J connectivity index is 1.67. The van der Waals surface area contributed by atoms with Crippen LogP contribution in [0.25, 0.3) is 5.69 Å². The van der Waals surface area contributed by atoms with Gasteiger partial charge in [0.15, 0.2) is 0 Å². The molecule has 0 aliphatic heterocycles. The van der Waals surface area contributed by atoms with Crippen LogP contribution in [0.3, 0.4) is 0 Å². The van der Waals surface area contributed by atoms with Gasteiger partial charge in [-0.15, -0.1) is 5.10 Å². The summed E-state index contributed by atoms with van der Waals surface area (Å²) in [5.41, 5.74) is 2.69. The maximum Gasteiger partial charge on any atom is 0.234 e. The lowest BCUT2D eigenvalue weighted by Crippen LogP contribution is -2.15. The van der Waals surface area contributed by atoms with Crippen LogP contribution in [-0.2, 0) is 4.79 Å². The number of methoxy groups -OCH3 is 1. The molecule has 0 aliphatic rings. The Morgan fingerprint density at radius 3 is 2.81 bits per heavy atom. The molecule has 0 aliphatic carbocycles. The molecule has 1 heterocycles. The van der Waals surface area contributed by atoms with Crippen LogP contribution < -0.4 is 10.1 Å². The zero-order valence-corrected chi connectivity index (χ0v) is 16.2. The Kier molecular flexibility index (Phi) is 6.08. The fourth-order valence-electron chi connectivity index (χ4n) is 2.53. The number of rotatable bonds is 7. The molecular formula is C19H21N5O2S. The number of para-hydroxylation sites is 2. The summed E-state index contributed by atoms with van der Waals surface area (Å²) in [6.07, 6.45) is 0. The second kappa shape index (κ2) is 8.68. The molecule has 3 rings (SSSR count). The van der Waals surface area contributed by atoms with Gasteiger partial charge in [-0.05, 0) is 46.2 Å². The molecule has 0 fully saturated rings. The lowest BCUT2D eigenvalue weighted by atomic mass is 10.0. The van der Waals surface area contributed by atoms with E-state index in [1.54, 1.807) is 11.8 Å². The minimum atomic E-state index is -0.115. The second-order valence-corrected chi connectivity index (χ2v) is 7.10. The highest BCUT2D eigenvalue weighted by atomic mass is 32.2. The SMILES string of the molecule is COc1ccccc1-n1nnnc1SCC(=O)Nc1cccc(C(C)C)c1. The minimum Gasteiger partial charge on any atom is -0.494 e. The lowest BCUT2D eigenvalue weighted by molar-refractivity contribution is -0.113. The molecule has 0 saturated carbocycles. The number of amides is 1. The van der Waals surface area contributed by atoms with Crippen molar-refractivity contribution in [3.05, 3.63) is 54.1 Å². The molecular weight excluding hydrogens is 362 g/mol. The molecule has 1 N–H and O–H groups in total. The number of aromatic nitrogens is 4. The highest BCUT2D eigenvalue weighted by Gasteiger charge is 2.14. The maximum absolute atomic E-state index is 12.3. The van der Waals surface area contributed by atoms with Gasteiger partial charge in [0.1, 0.15) is 11.4 Å². The molecule has 0 saturated heterocycles. The number of ether oxygens (including phenoxy) is 1. The predicted molar refractivity (Wildman–Crippen MR) is 106 cm³/mol. The van der Waals surface area contributed by atoms with Crippen LogP contribution in [0, 0.1) is 0 Å². The highest BCUT2D eigenvalue weighted by Crippen LogP contribution is 2.25. The van der Waals surface area contributed by atoms with Crippen LogP contribution in [0.5, 0.6) is 5.75 Å². The first-order chi connectivity index (χ1) is 13.1. The average Bonchev–Trinajstić information content (AvgIpc) is 3.15. The van der Waals surface area contributed by atoms with Gasteiger partial charge in [-0.1, -0.05) is 49.9 Å². The summed E-state index contributed by atoms with van der Waals surface area (Å²) in [4.78, 5) is 12.3. The average molecular weight is 383 g/mol. The number of carbonyl (C=O) groups is 1. The van der Waals surface area contributed by atoms with Crippen molar-refractivity contribution in [3.63, 3.8) is 0 Å². The number of nitrogens with one attached hydrogen (secondary N) is 1. The van der Waals surface area contributed by atoms with Gasteiger partial charge >= 0.3 is 0 Å². The molecule has 0 bridgehead atoms. The van der Waals surface area contributed by atoms with Crippen molar-refractivity contribution in [2.75, 3.05) is 18.2 Å². The smallest absolute Gasteiger partial charge is 0.234 e. The summed E-state index contributed by atoms with van der Waals surface area (Å²) < 4.78 is 6.92. The zero-order chi connectivity index (χ0) is 19.2. The molecule has 8 heteroatoms. The number of benzene rings is 2. The van der Waals surface area contributed by atoms with E-state index in [0.29, 0.717) is 16.8 Å². The minimum absolute atomic E-state index is 0.115. The van der Waals surface area contributed by atoms with Crippen molar-refractivity contribution < 1.29 is 9.53 Å². The number of nitrogens with zero attached hydrogens (tertiary/aromatic N) is 4. The van der Waals surface area contributed by atoms with E-state index in [2.05, 4.69) is 40.8 Å². The lowest BCUT2D eigenvalue weighted by Gasteiger charge is -2.10. The molecule has 140 valence electrons. The van der Waals surface area contributed by atoms with Crippen LogP contribution in [0.4, 0.5) is 5.69 Å². The van der Waals surface area contributed by atoms with Crippen molar-refractivity contribution in [1.82, 2.24) is 20.2 Å². The molecule has 2 aromatic carbocycles. The number of hydrogen-bond donors (Lipinski definition) is 1. The summed E-state index contributed by atoms with van der Waals surface area (Å²) in [5.74, 6) is 1.14. The van der Waals surface area contributed by atoms with E-state index in [4.69, 9.17) is 4.74 Å². The zero-order valence-electron chi connectivity index (χ0n) is 15.4. The third kappa shape index (κ3) is 4.65. The Morgan fingerprint density at radius 1 is 1.22 bits per heavy atom. The molecule has 0 atom stereocenters. The maximum atomic E-state index is 12.3. The van der Waals surface area contributed by atoms with Gasteiger partial charge < -0.3 is 10.1 Å². The first-order valence-electron chi connectivity index (χ1n) is 8.53. The summed E-state index contributed by atoms with van der Waals surface area (Å²) in [6, 6.07) is 15.3. The van der Waals surface area contributed by atoms with Gasteiger partial charge in [0.25, 0.3) is 0 Å². The predicted octanol–water partition coefficient (Wildman–Crippen LogP) is 3.53.